The molecule has 12 heteroatoms. The zero-order valence-electron chi connectivity index (χ0n) is 16.9. The number of nitrogens with one attached hydrogen (secondary N) is 1. The summed E-state index contributed by atoms with van der Waals surface area (Å²) in [5.41, 5.74) is 1.80. The molecule has 2 atom stereocenters. The number of imidazole rings is 1. The van der Waals surface area contributed by atoms with Gasteiger partial charge in [-0.25, -0.2) is 23.8 Å². The maximum Gasteiger partial charge on any atom is 0.360 e. The fourth-order valence-corrected chi connectivity index (χ4v) is 4.11. The molecule has 0 aliphatic carbocycles. The molecule has 2 unspecified atom stereocenters. The van der Waals surface area contributed by atoms with E-state index in [-0.39, 0.29) is 15.6 Å². The molecule has 9 nitrogen and oxygen atoms in total. The van der Waals surface area contributed by atoms with Gasteiger partial charge in [-0.3, -0.25) is 4.98 Å². The first-order chi connectivity index (χ1) is 15.9. The summed E-state index contributed by atoms with van der Waals surface area (Å²) in [6, 6.07) is 4.27. The number of pyridine rings is 1. The highest BCUT2D eigenvalue weighted by atomic mass is 35.5. The highest BCUT2D eigenvalue weighted by Crippen LogP contribution is 2.33. The molecule has 1 aliphatic heterocycles. The summed E-state index contributed by atoms with van der Waals surface area (Å²) in [6.07, 6.45) is 8.50. The normalized spacial score (nSPS) is 16.2. The van der Waals surface area contributed by atoms with Crippen molar-refractivity contribution in [3.63, 3.8) is 0 Å². The van der Waals surface area contributed by atoms with Crippen LogP contribution in [0.3, 0.4) is 0 Å². The quantitative estimate of drug-likeness (QED) is 0.422. The van der Waals surface area contributed by atoms with Crippen molar-refractivity contribution in [1.29, 1.82) is 0 Å². The van der Waals surface area contributed by atoms with E-state index in [1.807, 2.05) is 0 Å². The van der Waals surface area contributed by atoms with Crippen LogP contribution >= 0.6 is 23.2 Å². The fourth-order valence-electron chi connectivity index (χ4n) is 3.43. The maximum atomic E-state index is 13.9. The van der Waals surface area contributed by atoms with Crippen LogP contribution in [0.5, 0.6) is 0 Å². The Morgan fingerprint density at radius 1 is 1.27 bits per heavy atom. The molecule has 5 rings (SSSR count). The van der Waals surface area contributed by atoms with Gasteiger partial charge in [0, 0.05) is 40.3 Å². The molecule has 0 saturated heterocycles. The summed E-state index contributed by atoms with van der Waals surface area (Å²) < 4.78 is 22.0. The topological polar surface area (TPSA) is 99.3 Å². The zero-order valence-corrected chi connectivity index (χ0v) is 18.5. The molecule has 4 aromatic rings. The Kier molecular flexibility index (Phi) is 5.39. The van der Waals surface area contributed by atoms with Gasteiger partial charge in [-0.15, -0.1) is 4.73 Å². The summed E-state index contributed by atoms with van der Waals surface area (Å²) in [5, 5.41) is 4.37. The Morgan fingerprint density at radius 3 is 2.91 bits per heavy atom. The number of aromatic nitrogens is 5. The van der Waals surface area contributed by atoms with Crippen LogP contribution in [0.1, 0.15) is 24.8 Å². The van der Waals surface area contributed by atoms with E-state index in [9.17, 15) is 9.18 Å². The van der Waals surface area contributed by atoms with Gasteiger partial charge >= 0.3 is 5.69 Å². The molecule has 4 heterocycles. The van der Waals surface area contributed by atoms with Crippen molar-refractivity contribution >= 4 is 40.8 Å². The molecule has 0 bridgehead atoms. The Morgan fingerprint density at radius 2 is 2.12 bits per heavy atom. The predicted octanol–water partition coefficient (Wildman–Crippen LogP) is 4.29. The molecule has 1 aromatic carbocycles. The second kappa shape index (κ2) is 8.38. The lowest BCUT2D eigenvalue weighted by Crippen LogP contribution is -2.26. The summed E-state index contributed by atoms with van der Waals surface area (Å²) in [7, 11) is 0. The summed E-state index contributed by atoms with van der Waals surface area (Å²) >= 11 is 12.3. The van der Waals surface area contributed by atoms with Crippen molar-refractivity contribution in [3.8, 4) is 11.1 Å². The average molecular weight is 489 g/mol. The lowest BCUT2D eigenvalue weighted by molar-refractivity contribution is 0.0492. The number of fused-ring (bicyclic) bond motifs is 1. The van der Waals surface area contributed by atoms with Crippen molar-refractivity contribution < 1.29 is 14.0 Å². The van der Waals surface area contributed by atoms with Gasteiger partial charge in [-0.2, -0.15) is 5.10 Å². The number of aromatic amines is 1. The van der Waals surface area contributed by atoms with Crippen LogP contribution in [0.4, 0.5) is 4.39 Å². The Labute approximate surface area is 195 Å². The Bertz CT molecular complexity index is 1470. The molecular weight excluding hydrogens is 474 g/mol. The number of aliphatic imine (C=N–C) groups is 1. The number of H-pyrrole nitrogens is 1. The van der Waals surface area contributed by atoms with E-state index in [2.05, 4.69) is 20.1 Å². The first-order valence-corrected chi connectivity index (χ1v) is 10.5. The molecule has 3 aromatic heterocycles. The lowest BCUT2D eigenvalue weighted by atomic mass is 10.1. The van der Waals surface area contributed by atoms with Crippen molar-refractivity contribution in [2.24, 2.45) is 4.99 Å². The van der Waals surface area contributed by atoms with E-state index in [1.165, 1.54) is 12.5 Å². The molecule has 0 radical (unpaired) electrons. The lowest BCUT2D eigenvalue weighted by Gasteiger charge is -2.17. The van der Waals surface area contributed by atoms with E-state index in [0.29, 0.717) is 16.7 Å². The number of ether oxygens (including phenoxy) is 1. The minimum Gasteiger partial charge on any atom is -0.455 e. The first kappa shape index (κ1) is 21.2. The summed E-state index contributed by atoms with van der Waals surface area (Å²) in [6.45, 7) is 1.61. The van der Waals surface area contributed by atoms with Crippen LogP contribution in [0.25, 0.3) is 22.3 Å². The van der Waals surface area contributed by atoms with E-state index < -0.39 is 23.8 Å². The Balaban J connectivity index is 1.49. The number of halogens is 3. The molecule has 0 saturated carbocycles. The van der Waals surface area contributed by atoms with Gasteiger partial charge in [0.25, 0.3) is 0 Å². The average Bonchev–Trinajstić information content (AvgIpc) is 3.42. The van der Waals surface area contributed by atoms with Crippen LogP contribution in [-0.2, 0) is 4.74 Å². The van der Waals surface area contributed by atoms with Crippen LogP contribution in [-0.4, -0.2) is 30.9 Å². The second-order valence-electron chi connectivity index (χ2n) is 7.15. The van der Waals surface area contributed by atoms with Crippen molar-refractivity contribution in [2.45, 2.75) is 19.3 Å². The number of hydrogen-bond acceptors (Lipinski definition) is 6. The van der Waals surface area contributed by atoms with Crippen LogP contribution in [0.15, 0.2) is 58.9 Å². The van der Waals surface area contributed by atoms with Crippen molar-refractivity contribution in [2.75, 3.05) is 0 Å². The molecule has 0 spiro atoms. The molecule has 1 N–H and O–H groups in total. The summed E-state index contributed by atoms with van der Waals surface area (Å²) in [5.74, 6) is -0.637. The highest BCUT2D eigenvalue weighted by molar-refractivity contribution is 6.36. The van der Waals surface area contributed by atoms with Gasteiger partial charge in [0.15, 0.2) is 18.2 Å². The molecule has 0 amide bonds. The zero-order chi connectivity index (χ0) is 23.1. The molecule has 1 aliphatic rings. The third kappa shape index (κ3) is 3.87. The number of benzene rings is 1. The van der Waals surface area contributed by atoms with Gasteiger partial charge in [0.05, 0.1) is 11.2 Å². The van der Waals surface area contributed by atoms with E-state index in [4.69, 9.17) is 32.8 Å². The van der Waals surface area contributed by atoms with Crippen molar-refractivity contribution in [3.05, 3.63) is 81.0 Å². The van der Waals surface area contributed by atoms with Gasteiger partial charge in [-0.1, -0.05) is 23.2 Å². The van der Waals surface area contributed by atoms with Crippen LogP contribution in [0, 0.1) is 5.82 Å². The minimum atomic E-state index is -0.833. The maximum absolute atomic E-state index is 13.9. The molecule has 33 heavy (non-hydrogen) atoms. The third-order valence-electron chi connectivity index (χ3n) is 5.04. The first-order valence-electron chi connectivity index (χ1n) is 9.72. The highest BCUT2D eigenvalue weighted by Gasteiger charge is 2.21. The minimum absolute atomic E-state index is 0.168. The third-order valence-corrected chi connectivity index (χ3v) is 5.75. The second-order valence-corrected chi connectivity index (χ2v) is 7.94. The van der Waals surface area contributed by atoms with Gasteiger partial charge in [0.1, 0.15) is 11.3 Å². The summed E-state index contributed by atoms with van der Waals surface area (Å²) in [4.78, 5) is 29.2. The fraction of sp³-hybridized carbons (Fsp3) is 0.143. The van der Waals surface area contributed by atoms with E-state index in [0.717, 1.165) is 16.4 Å². The van der Waals surface area contributed by atoms with Gasteiger partial charge < -0.3 is 9.57 Å². The largest absolute Gasteiger partial charge is 0.455 e. The number of rotatable bonds is 5. The van der Waals surface area contributed by atoms with E-state index >= 15 is 0 Å². The molecular formula is C21H15Cl2FN6O3. The Hall–Kier alpha value is -3.63. The van der Waals surface area contributed by atoms with Crippen molar-refractivity contribution in [1.82, 2.24) is 24.5 Å². The van der Waals surface area contributed by atoms with Gasteiger partial charge in [-0.05, 0) is 31.2 Å². The number of hydrogen-bond donors (Lipinski definition) is 1. The molecule has 0 fully saturated rings. The van der Waals surface area contributed by atoms with Gasteiger partial charge in [0.2, 0.25) is 6.23 Å². The monoisotopic (exact) mass is 488 g/mol. The number of nitrogens with zero attached hydrogens (tertiary/aromatic N) is 5. The van der Waals surface area contributed by atoms with Crippen LogP contribution in [0.2, 0.25) is 10.0 Å². The standard InChI is InChI=1S/C21H15Cl2FN6O3/c1-11(18-14(22)2-3-15(24)19(18)23)33-30-16-6-12(7-26-20(16)28-21(30)31)13-8-27-29(9-13)17-4-5-25-10-32-17/h2-11,17H,1H3,(H,26,28,31). The van der Waals surface area contributed by atoms with E-state index in [1.54, 1.807) is 48.5 Å². The van der Waals surface area contributed by atoms with Crippen LogP contribution < -0.4 is 10.5 Å². The SMILES string of the molecule is CC(On1c(=O)[nH]c2ncc(-c3cnn(C4C=CN=CO4)c3)cc21)c1c(Cl)ccc(F)c1Cl. The predicted molar refractivity (Wildman–Crippen MR) is 121 cm³/mol. The smallest absolute Gasteiger partial charge is 0.360 e. The molecule has 168 valence electrons.